The summed E-state index contributed by atoms with van der Waals surface area (Å²) in [7, 11) is 0. The summed E-state index contributed by atoms with van der Waals surface area (Å²) in [5.41, 5.74) is 2.87. The number of nitrogens with one attached hydrogen (secondary N) is 1. The molecule has 0 saturated heterocycles. The lowest BCUT2D eigenvalue weighted by Gasteiger charge is -2.03. The second-order valence-electron chi connectivity index (χ2n) is 4.05. The number of benzene rings is 2. The predicted molar refractivity (Wildman–Crippen MR) is 81.3 cm³/mol. The van der Waals surface area contributed by atoms with E-state index in [0.717, 1.165) is 0 Å². The van der Waals surface area contributed by atoms with Crippen molar-refractivity contribution in [2.24, 2.45) is 5.10 Å². The number of carbonyl (C=O) groups excluding carboxylic acids is 1. The van der Waals surface area contributed by atoms with Gasteiger partial charge in [0.1, 0.15) is 5.75 Å². The monoisotopic (exact) mass is 324 g/mol. The Morgan fingerprint density at radius 2 is 1.76 bits per heavy atom. The highest BCUT2D eigenvalue weighted by Gasteiger charge is 2.09. The molecule has 108 valence electrons. The molecule has 0 bridgehead atoms. The van der Waals surface area contributed by atoms with Crippen LogP contribution in [0, 0.1) is 0 Å². The minimum absolute atomic E-state index is 0.0796. The van der Waals surface area contributed by atoms with Gasteiger partial charge in [0.15, 0.2) is 5.75 Å². The molecule has 0 heterocycles. The lowest BCUT2D eigenvalue weighted by molar-refractivity contribution is 0.0952. The van der Waals surface area contributed by atoms with E-state index in [0.29, 0.717) is 5.56 Å². The SMILES string of the molecule is O=C(N/N=C\c1cc(Cl)c(O)c(Cl)c1)c1ccccc1O. The van der Waals surface area contributed by atoms with Crippen LogP contribution in [0.1, 0.15) is 15.9 Å². The highest BCUT2D eigenvalue weighted by Crippen LogP contribution is 2.32. The highest BCUT2D eigenvalue weighted by molar-refractivity contribution is 6.37. The predicted octanol–water partition coefficient (Wildman–Crippen LogP) is 3.17. The van der Waals surface area contributed by atoms with Crippen molar-refractivity contribution in [2.45, 2.75) is 0 Å². The first-order valence-corrected chi connectivity index (χ1v) is 6.54. The van der Waals surface area contributed by atoms with E-state index in [1.165, 1.54) is 30.5 Å². The zero-order chi connectivity index (χ0) is 15.4. The maximum Gasteiger partial charge on any atom is 0.275 e. The molecule has 3 N–H and O–H groups in total. The van der Waals surface area contributed by atoms with E-state index in [4.69, 9.17) is 23.2 Å². The average Bonchev–Trinajstić information content (AvgIpc) is 2.45. The normalized spacial score (nSPS) is 10.8. The third-order valence-electron chi connectivity index (χ3n) is 2.57. The number of phenols is 2. The Hall–Kier alpha value is -2.24. The van der Waals surface area contributed by atoms with Crippen LogP contribution in [0.3, 0.4) is 0 Å². The molecule has 2 aromatic rings. The van der Waals surface area contributed by atoms with Crippen LogP contribution in [0.25, 0.3) is 0 Å². The number of amides is 1. The van der Waals surface area contributed by atoms with E-state index in [-0.39, 0.29) is 27.1 Å². The number of halogens is 2. The number of hydrogen-bond donors (Lipinski definition) is 3. The molecule has 0 radical (unpaired) electrons. The highest BCUT2D eigenvalue weighted by atomic mass is 35.5. The topological polar surface area (TPSA) is 81.9 Å². The minimum Gasteiger partial charge on any atom is -0.507 e. The first-order chi connectivity index (χ1) is 9.99. The summed E-state index contributed by atoms with van der Waals surface area (Å²) in [6, 6.07) is 8.98. The first-order valence-electron chi connectivity index (χ1n) is 5.78. The molecule has 7 heteroatoms. The number of nitrogens with zero attached hydrogens (tertiary/aromatic N) is 1. The Morgan fingerprint density at radius 1 is 1.14 bits per heavy atom. The summed E-state index contributed by atoms with van der Waals surface area (Å²) in [5, 5.41) is 22.8. The van der Waals surface area contributed by atoms with Gasteiger partial charge in [-0.3, -0.25) is 4.79 Å². The van der Waals surface area contributed by atoms with Gasteiger partial charge in [0.2, 0.25) is 0 Å². The quantitative estimate of drug-likeness (QED) is 0.599. The number of rotatable bonds is 3. The number of para-hydroxylation sites is 1. The summed E-state index contributed by atoms with van der Waals surface area (Å²) in [6.07, 6.45) is 1.31. The molecular weight excluding hydrogens is 315 g/mol. The van der Waals surface area contributed by atoms with E-state index in [1.807, 2.05) is 0 Å². The van der Waals surface area contributed by atoms with Gasteiger partial charge in [0.05, 0.1) is 21.8 Å². The zero-order valence-electron chi connectivity index (χ0n) is 10.5. The third kappa shape index (κ3) is 3.65. The molecule has 1 amide bonds. The molecule has 0 aliphatic heterocycles. The van der Waals surface area contributed by atoms with Crippen LogP contribution in [0.2, 0.25) is 10.0 Å². The number of hydrazone groups is 1. The van der Waals surface area contributed by atoms with Crippen molar-refractivity contribution in [1.29, 1.82) is 0 Å². The fourth-order valence-corrected chi connectivity index (χ4v) is 2.05. The fourth-order valence-electron chi connectivity index (χ4n) is 1.55. The summed E-state index contributed by atoms with van der Waals surface area (Å²) in [6.45, 7) is 0. The standard InChI is InChI=1S/C14H10Cl2N2O3/c15-10-5-8(6-11(16)13(10)20)7-17-18-14(21)9-3-1-2-4-12(9)19/h1-7,19-20H,(H,18,21)/b17-7-. The van der Waals surface area contributed by atoms with Crippen molar-refractivity contribution in [3.05, 3.63) is 57.6 Å². The molecule has 21 heavy (non-hydrogen) atoms. The molecule has 0 spiro atoms. The van der Waals surface area contributed by atoms with Crippen LogP contribution < -0.4 is 5.43 Å². The summed E-state index contributed by atoms with van der Waals surface area (Å²) >= 11 is 11.5. The molecule has 0 saturated carbocycles. The van der Waals surface area contributed by atoms with Crippen LogP contribution in [0.5, 0.6) is 11.5 Å². The van der Waals surface area contributed by atoms with Gasteiger partial charge in [-0.05, 0) is 29.8 Å². The molecule has 0 aliphatic rings. The van der Waals surface area contributed by atoms with Crippen molar-refractivity contribution >= 4 is 35.3 Å². The van der Waals surface area contributed by atoms with E-state index < -0.39 is 5.91 Å². The Morgan fingerprint density at radius 3 is 2.38 bits per heavy atom. The molecule has 5 nitrogen and oxygen atoms in total. The van der Waals surface area contributed by atoms with Gasteiger partial charge in [-0.2, -0.15) is 5.10 Å². The zero-order valence-corrected chi connectivity index (χ0v) is 12.1. The first kappa shape index (κ1) is 15.2. The van der Waals surface area contributed by atoms with Crippen molar-refractivity contribution < 1.29 is 15.0 Å². The molecule has 0 unspecified atom stereocenters. The maximum absolute atomic E-state index is 11.8. The van der Waals surface area contributed by atoms with Crippen molar-refractivity contribution in [3.63, 3.8) is 0 Å². The smallest absolute Gasteiger partial charge is 0.275 e. The van der Waals surface area contributed by atoms with E-state index >= 15 is 0 Å². The van der Waals surface area contributed by atoms with Gasteiger partial charge in [0.25, 0.3) is 5.91 Å². The molecule has 0 atom stereocenters. The van der Waals surface area contributed by atoms with Crippen molar-refractivity contribution in [3.8, 4) is 11.5 Å². The van der Waals surface area contributed by atoms with Gasteiger partial charge in [-0.25, -0.2) is 5.43 Å². The van der Waals surface area contributed by atoms with E-state index in [2.05, 4.69) is 10.5 Å². The summed E-state index contributed by atoms with van der Waals surface area (Å²) < 4.78 is 0. The van der Waals surface area contributed by atoms with E-state index in [9.17, 15) is 15.0 Å². The summed E-state index contributed by atoms with van der Waals surface area (Å²) in [4.78, 5) is 11.8. The Bertz CT molecular complexity index is 694. The van der Waals surface area contributed by atoms with Gasteiger partial charge in [-0.15, -0.1) is 0 Å². The molecule has 0 aliphatic carbocycles. The number of carbonyl (C=O) groups is 1. The fraction of sp³-hybridized carbons (Fsp3) is 0. The largest absolute Gasteiger partial charge is 0.507 e. The third-order valence-corrected chi connectivity index (χ3v) is 3.14. The van der Waals surface area contributed by atoms with Crippen LogP contribution in [-0.4, -0.2) is 22.3 Å². The van der Waals surface area contributed by atoms with Gasteiger partial charge >= 0.3 is 0 Å². The molecule has 0 fully saturated rings. The molecule has 0 aromatic heterocycles. The van der Waals surface area contributed by atoms with Crippen LogP contribution in [-0.2, 0) is 0 Å². The van der Waals surface area contributed by atoms with E-state index in [1.54, 1.807) is 12.1 Å². The number of aromatic hydroxyl groups is 2. The lowest BCUT2D eigenvalue weighted by atomic mass is 10.2. The lowest BCUT2D eigenvalue weighted by Crippen LogP contribution is -2.17. The Balaban J connectivity index is 2.10. The average molecular weight is 325 g/mol. The van der Waals surface area contributed by atoms with Gasteiger partial charge in [0, 0.05) is 0 Å². The second kappa shape index (κ2) is 6.47. The maximum atomic E-state index is 11.8. The second-order valence-corrected chi connectivity index (χ2v) is 4.86. The Labute approximate surface area is 130 Å². The number of hydrogen-bond acceptors (Lipinski definition) is 4. The molecule has 2 rings (SSSR count). The minimum atomic E-state index is -0.555. The van der Waals surface area contributed by atoms with Crippen LogP contribution >= 0.6 is 23.2 Å². The van der Waals surface area contributed by atoms with Crippen LogP contribution in [0.4, 0.5) is 0 Å². The van der Waals surface area contributed by atoms with Gasteiger partial charge < -0.3 is 10.2 Å². The molecule has 2 aromatic carbocycles. The Kier molecular flexibility index (Phi) is 4.67. The van der Waals surface area contributed by atoms with Crippen molar-refractivity contribution in [1.82, 2.24) is 5.43 Å². The van der Waals surface area contributed by atoms with Crippen LogP contribution in [0.15, 0.2) is 41.5 Å². The number of phenolic OH excluding ortho intramolecular Hbond substituents is 2. The van der Waals surface area contributed by atoms with Gasteiger partial charge in [-0.1, -0.05) is 35.3 Å². The summed E-state index contributed by atoms with van der Waals surface area (Å²) in [5.74, 6) is -0.907. The van der Waals surface area contributed by atoms with Crippen molar-refractivity contribution in [2.75, 3.05) is 0 Å². The molecular formula is C14H10Cl2N2O3.